The maximum atomic E-state index is 11.9. The molecule has 2 aromatic carbocycles. The van der Waals surface area contributed by atoms with Crippen molar-refractivity contribution in [2.24, 2.45) is 5.18 Å². The number of hydrogen-bond acceptors (Lipinski definition) is 6. The molecule has 1 heterocycles. The van der Waals surface area contributed by atoms with Gasteiger partial charge in [-0.2, -0.15) is 0 Å². The largest absolute Gasteiger partial charge is 0.422 e. The zero-order valence-electron chi connectivity index (χ0n) is 9.90. The van der Waals surface area contributed by atoms with Crippen LogP contribution in [-0.2, 0) is 0 Å². The van der Waals surface area contributed by atoms with Crippen LogP contribution in [-0.4, -0.2) is 4.92 Å². The molecule has 0 amide bonds. The van der Waals surface area contributed by atoms with E-state index in [2.05, 4.69) is 5.18 Å². The Labute approximate surface area is 110 Å². The molecule has 98 valence electrons. The molecular weight excluding hydrogens is 264 g/mol. The summed E-state index contributed by atoms with van der Waals surface area (Å²) in [5.41, 5.74) is -0.523. The Bertz CT molecular complexity index is 929. The summed E-state index contributed by atoms with van der Waals surface area (Å²) in [5.74, 6) is 0. The van der Waals surface area contributed by atoms with E-state index in [-0.39, 0.29) is 22.3 Å². The Kier molecular flexibility index (Phi) is 2.53. The third kappa shape index (κ3) is 1.72. The van der Waals surface area contributed by atoms with Crippen molar-refractivity contribution >= 4 is 33.1 Å². The van der Waals surface area contributed by atoms with Gasteiger partial charge in [0, 0.05) is 29.0 Å². The number of benzene rings is 2. The van der Waals surface area contributed by atoms with Crippen molar-refractivity contribution in [3.63, 3.8) is 0 Å². The second-order valence-corrected chi connectivity index (χ2v) is 4.15. The first kappa shape index (κ1) is 12.0. The fraction of sp³-hybridized carbons (Fsp3) is 0. The van der Waals surface area contributed by atoms with Crippen molar-refractivity contribution in [2.45, 2.75) is 0 Å². The van der Waals surface area contributed by atoms with E-state index in [4.69, 9.17) is 4.42 Å². The molecule has 0 aliphatic rings. The summed E-state index contributed by atoms with van der Waals surface area (Å²) in [6.07, 6.45) is 0. The number of nitroso groups, excluding NO2 is 1. The first-order valence-electron chi connectivity index (χ1n) is 5.58. The zero-order valence-corrected chi connectivity index (χ0v) is 9.90. The number of nitrogens with zero attached hydrogens (tertiary/aromatic N) is 2. The molecule has 0 bridgehead atoms. The normalized spacial score (nSPS) is 10.8. The van der Waals surface area contributed by atoms with Gasteiger partial charge in [-0.1, -0.05) is 0 Å². The lowest BCUT2D eigenvalue weighted by Gasteiger charge is -2.02. The van der Waals surface area contributed by atoms with Gasteiger partial charge >= 0.3 is 5.63 Å². The van der Waals surface area contributed by atoms with Gasteiger partial charge < -0.3 is 4.42 Å². The van der Waals surface area contributed by atoms with Gasteiger partial charge in [0.05, 0.1) is 10.3 Å². The van der Waals surface area contributed by atoms with E-state index < -0.39 is 10.5 Å². The van der Waals surface area contributed by atoms with Crippen LogP contribution in [0.1, 0.15) is 0 Å². The van der Waals surface area contributed by atoms with Crippen LogP contribution in [0.5, 0.6) is 0 Å². The van der Waals surface area contributed by atoms with Gasteiger partial charge in [-0.15, -0.1) is 4.91 Å². The van der Waals surface area contributed by atoms with Crippen LogP contribution >= 0.6 is 0 Å². The number of hydrogen-bond donors (Lipinski definition) is 0. The molecule has 0 saturated carbocycles. The van der Waals surface area contributed by atoms with E-state index in [0.717, 1.165) is 0 Å². The number of fused-ring (bicyclic) bond motifs is 3. The van der Waals surface area contributed by atoms with Crippen molar-refractivity contribution in [3.05, 3.63) is 61.8 Å². The second-order valence-electron chi connectivity index (χ2n) is 4.15. The lowest BCUT2D eigenvalue weighted by atomic mass is 10.1. The van der Waals surface area contributed by atoms with Gasteiger partial charge in [-0.25, -0.2) is 4.79 Å². The Balaban J connectivity index is 2.45. The van der Waals surface area contributed by atoms with Crippen molar-refractivity contribution in [2.75, 3.05) is 0 Å². The molecular formula is C13H6N2O5. The highest BCUT2D eigenvalue weighted by Gasteiger charge is 2.13. The fourth-order valence-electron chi connectivity index (χ4n) is 2.08. The van der Waals surface area contributed by atoms with E-state index in [1.807, 2.05) is 0 Å². The smallest absolute Gasteiger partial charge is 0.344 e. The van der Waals surface area contributed by atoms with Crippen LogP contribution in [0.4, 0.5) is 11.4 Å². The van der Waals surface area contributed by atoms with Crippen molar-refractivity contribution in [1.29, 1.82) is 0 Å². The second kappa shape index (κ2) is 4.23. The standard InChI is InChI=1S/C13H6N2O5/c16-13-11-6-8(15(18)19)2-4-9(11)10-3-1-7(14-17)5-12(10)20-13/h1-6H. The van der Waals surface area contributed by atoms with Crippen LogP contribution in [0, 0.1) is 15.0 Å². The van der Waals surface area contributed by atoms with E-state index in [1.165, 1.54) is 30.3 Å². The quantitative estimate of drug-likeness (QED) is 0.234. The predicted molar refractivity (Wildman–Crippen MR) is 72.1 cm³/mol. The van der Waals surface area contributed by atoms with Gasteiger partial charge in [-0.05, 0) is 23.4 Å². The Morgan fingerprint density at radius 1 is 1.05 bits per heavy atom. The molecule has 0 aliphatic carbocycles. The first-order chi connectivity index (χ1) is 9.60. The molecule has 0 saturated heterocycles. The van der Waals surface area contributed by atoms with E-state index >= 15 is 0 Å². The minimum atomic E-state index is -0.695. The van der Waals surface area contributed by atoms with Crippen LogP contribution in [0.2, 0.25) is 0 Å². The minimum absolute atomic E-state index is 0.124. The van der Waals surface area contributed by atoms with Gasteiger partial charge in [0.2, 0.25) is 0 Å². The topological polar surface area (TPSA) is 103 Å². The van der Waals surface area contributed by atoms with Crippen molar-refractivity contribution in [1.82, 2.24) is 0 Å². The summed E-state index contributed by atoms with van der Waals surface area (Å²) in [7, 11) is 0. The zero-order chi connectivity index (χ0) is 14.3. The predicted octanol–water partition coefficient (Wildman–Crippen LogP) is 3.25. The van der Waals surface area contributed by atoms with E-state index in [9.17, 15) is 19.8 Å². The van der Waals surface area contributed by atoms with Crippen LogP contribution in [0.3, 0.4) is 0 Å². The molecule has 0 fully saturated rings. The van der Waals surface area contributed by atoms with E-state index in [0.29, 0.717) is 10.8 Å². The molecule has 0 aliphatic heterocycles. The lowest BCUT2D eigenvalue weighted by molar-refractivity contribution is -0.384. The first-order valence-corrected chi connectivity index (χ1v) is 5.58. The third-order valence-electron chi connectivity index (χ3n) is 3.00. The highest BCUT2D eigenvalue weighted by atomic mass is 16.6. The minimum Gasteiger partial charge on any atom is -0.422 e. The monoisotopic (exact) mass is 270 g/mol. The van der Waals surface area contributed by atoms with Crippen LogP contribution in [0.15, 0.2) is 50.8 Å². The molecule has 3 aromatic rings. The van der Waals surface area contributed by atoms with Gasteiger partial charge in [-0.3, -0.25) is 10.1 Å². The van der Waals surface area contributed by atoms with Gasteiger partial charge in [0.15, 0.2) is 0 Å². The number of rotatable bonds is 2. The Morgan fingerprint density at radius 2 is 1.80 bits per heavy atom. The number of nitro benzene ring substituents is 1. The molecule has 7 nitrogen and oxygen atoms in total. The summed E-state index contributed by atoms with van der Waals surface area (Å²) < 4.78 is 5.08. The SMILES string of the molecule is O=Nc1ccc2c(c1)oc(=O)c1cc([N+](=O)[O-])ccc12. The summed E-state index contributed by atoms with van der Waals surface area (Å²) in [6.45, 7) is 0. The molecule has 7 heteroatoms. The van der Waals surface area contributed by atoms with Crippen LogP contribution < -0.4 is 5.63 Å². The highest BCUT2D eigenvalue weighted by molar-refractivity contribution is 6.05. The summed E-state index contributed by atoms with van der Waals surface area (Å²) >= 11 is 0. The number of nitro groups is 1. The Hall–Kier alpha value is -3.09. The summed E-state index contributed by atoms with van der Waals surface area (Å²) in [4.78, 5) is 32.5. The highest BCUT2D eigenvalue weighted by Crippen LogP contribution is 2.28. The third-order valence-corrected chi connectivity index (χ3v) is 3.00. The molecule has 0 N–H and O–H groups in total. The molecule has 3 rings (SSSR count). The van der Waals surface area contributed by atoms with E-state index in [1.54, 1.807) is 6.07 Å². The molecule has 0 radical (unpaired) electrons. The van der Waals surface area contributed by atoms with Gasteiger partial charge in [0.1, 0.15) is 11.3 Å². The summed E-state index contributed by atoms with van der Waals surface area (Å²) in [5, 5.41) is 14.7. The maximum absolute atomic E-state index is 11.9. The molecule has 20 heavy (non-hydrogen) atoms. The average Bonchev–Trinajstić information content (AvgIpc) is 2.46. The summed E-state index contributed by atoms with van der Waals surface area (Å²) in [6, 6.07) is 8.39. The lowest BCUT2D eigenvalue weighted by Crippen LogP contribution is -2.00. The van der Waals surface area contributed by atoms with Crippen LogP contribution in [0.25, 0.3) is 21.7 Å². The fourth-order valence-corrected chi connectivity index (χ4v) is 2.08. The Morgan fingerprint density at radius 3 is 2.50 bits per heavy atom. The number of non-ortho nitro benzene ring substituents is 1. The van der Waals surface area contributed by atoms with Crippen molar-refractivity contribution in [3.8, 4) is 0 Å². The maximum Gasteiger partial charge on any atom is 0.344 e. The van der Waals surface area contributed by atoms with Gasteiger partial charge in [0.25, 0.3) is 5.69 Å². The van der Waals surface area contributed by atoms with Crippen molar-refractivity contribution < 1.29 is 9.34 Å². The molecule has 0 unspecified atom stereocenters. The average molecular weight is 270 g/mol. The molecule has 0 spiro atoms. The molecule has 0 atom stereocenters. The molecule has 1 aromatic heterocycles.